The lowest BCUT2D eigenvalue weighted by Crippen LogP contribution is -2.28. The highest BCUT2D eigenvalue weighted by Gasteiger charge is 2.07. The molecular weight excluding hydrogens is 334 g/mol. The van der Waals surface area contributed by atoms with Gasteiger partial charge in [0.05, 0.1) is 6.54 Å². The van der Waals surface area contributed by atoms with Gasteiger partial charge in [0.1, 0.15) is 18.1 Å². The van der Waals surface area contributed by atoms with Gasteiger partial charge in [-0.3, -0.25) is 4.79 Å². The summed E-state index contributed by atoms with van der Waals surface area (Å²) >= 11 is 0. The first-order valence-electron chi connectivity index (χ1n) is 8.41. The number of hydrogen-bond donors (Lipinski definition) is 2. The number of carboxylic acids is 1. The van der Waals surface area contributed by atoms with Gasteiger partial charge in [-0.1, -0.05) is 32.0 Å². The molecule has 0 aliphatic rings. The molecule has 0 atom stereocenters. The van der Waals surface area contributed by atoms with Crippen LogP contribution in [0.15, 0.2) is 48.5 Å². The van der Waals surface area contributed by atoms with E-state index in [1.165, 1.54) is 11.6 Å². The largest absolute Gasteiger partial charge is 0.492 e. The van der Waals surface area contributed by atoms with Crippen molar-refractivity contribution < 1.29 is 24.2 Å². The van der Waals surface area contributed by atoms with Gasteiger partial charge in [-0.25, -0.2) is 4.79 Å². The number of nitrogens with one attached hydrogen (secondary N) is 1. The number of carbonyl (C=O) groups excluding carboxylic acids is 1. The molecule has 1 amide bonds. The van der Waals surface area contributed by atoms with Crippen molar-refractivity contribution in [2.24, 2.45) is 0 Å². The van der Waals surface area contributed by atoms with E-state index in [2.05, 4.69) is 19.2 Å². The topological polar surface area (TPSA) is 84.9 Å². The fourth-order valence-electron chi connectivity index (χ4n) is 2.26. The first kappa shape index (κ1) is 19.3. The molecule has 0 unspecified atom stereocenters. The number of carboxylic acid groups (broad SMARTS) is 1. The number of amides is 1. The van der Waals surface area contributed by atoms with Crippen LogP contribution >= 0.6 is 0 Å². The molecule has 0 aliphatic heterocycles. The van der Waals surface area contributed by atoms with Crippen molar-refractivity contribution in [1.29, 1.82) is 0 Å². The van der Waals surface area contributed by atoms with Gasteiger partial charge in [-0.15, -0.1) is 0 Å². The standard InChI is InChI=1S/C20H23NO5/c1-14(2)15-6-8-17(9-7-15)25-11-10-21-20(24)16-4-3-5-18(12-16)26-13-19(22)23/h3-9,12,14H,10-11,13H2,1-2H3,(H,21,24)(H,22,23). The van der Waals surface area contributed by atoms with Gasteiger partial charge in [0, 0.05) is 5.56 Å². The minimum absolute atomic E-state index is 0.274. The third kappa shape index (κ3) is 6.12. The molecule has 6 nitrogen and oxygen atoms in total. The maximum atomic E-state index is 12.1. The van der Waals surface area contributed by atoms with Crippen LogP contribution in [0.25, 0.3) is 0 Å². The summed E-state index contributed by atoms with van der Waals surface area (Å²) < 4.78 is 10.7. The summed E-state index contributed by atoms with van der Waals surface area (Å²) in [5.41, 5.74) is 1.64. The lowest BCUT2D eigenvalue weighted by atomic mass is 10.0. The predicted octanol–water partition coefficient (Wildman–Crippen LogP) is 3.08. The summed E-state index contributed by atoms with van der Waals surface area (Å²) in [7, 11) is 0. The van der Waals surface area contributed by atoms with Crippen LogP contribution < -0.4 is 14.8 Å². The minimum Gasteiger partial charge on any atom is -0.492 e. The molecule has 0 radical (unpaired) electrons. The van der Waals surface area contributed by atoms with Crippen LogP contribution in [0.4, 0.5) is 0 Å². The van der Waals surface area contributed by atoms with Gasteiger partial charge in [0.2, 0.25) is 0 Å². The Balaban J connectivity index is 1.78. The van der Waals surface area contributed by atoms with Crippen molar-refractivity contribution in [2.45, 2.75) is 19.8 Å². The average Bonchev–Trinajstić information content (AvgIpc) is 2.64. The molecule has 6 heteroatoms. The van der Waals surface area contributed by atoms with E-state index in [-0.39, 0.29) is 5.91 Å². The van der Waals surface area contributed by atoms with Crippen molar-refractivity contribution >= 4 is 11.9 Å². The fraction of sp³-hybridized carbons (Fsp3) is 0.300. The van der Waals surface area contributed by atoms with Crippen LogP contribution in [0.2, 0.25) is 0 Å². The summed E-state index contributed by atoms with van der Waals surface area (Å²) in [4.78, 5) is 22.6. The molecule has 2 aromatic carbocycles. The summed E-state index contributed by atoms with van der Waals surface area (Å²) in [5, 5.41) is 11.4. The first-order valence-corrected chi connectivity index (χ1v) is 8.41. The van der Waals surface area contributed by atoms with Crippen LogP contribution in [-0.4, -0.2) is 36.7 Å². The third-order valence-corrected chi connectivity index (χ3v) is 3.66. The highest BCUT2D eigenvalue weighted by atomic mass is 16.5. The van der Waals surface area contributed by atoms with E-state index in [9.17, 15) is 9.59 Å². The number of hydrogen-bond acceptors (Lipinski definition) is 4. The number of benzene rings is 2. The second-order valence-corrected chi connectivity index (χ2v) is 6.04. The van der Waals surface area contributed by atoms with E-state index in [0.29, 0.717) is 30.4 Å². The zero-order valence-corrected chi connectivity index (χ0v) is 14.9. The molecule has 2 N–H and O–H groups in total. The number of rotatable bonds is 9. The molecule has 0 aliphatic carbocycles. The number of ether oxygens (including phenoxy) is 2. The Bertz CT molecular complexity index is 740. The average molecular weight is 357 g/mol. The van der Waals surface area contributed by atoms with Gasteiger partial charge >= 0.3 is 5.97 Å². The minimum atomic E-state index is -1.07. The summed E-state index contributed by atoms with van der Waals surface area (Å²) in [5.74, 6) is 0.218. The maximum absolute atomic E-state index is 12.1. The van der Waals surface area contributed by atoms with E-state index in [1.54, 1.807) is 18.2 Å². The monoisotopic (exact) mass is 357 g/mol. The first-order chi connectivity index (χ1) is 12.5. The molecule has 0 aromatic heterocycles. The van der Waals surface area contributed by atoms with Crippen molar-refractivity contribution in [2.75, 3.05) is 19.8 Å². The highest BCUT2D eigenvalue weighted by Crippen LogP contribution is 2.18. The normalized spacial score (nSPS) is 10.4. The molecule has 0 saturated carbocycles. The lowest BCUT2D eigenvalue weighted by molar-refractivity contribution is -0.139. The molecular formula is C20H23NO5. The lowest BCUT2D eigenvalue weighted by Gasteiger charge is -2.10. The molecule has 0 heterocycles. The summed E-state index contributed by atoms with van der Waals surface area (Å²) in [6, 6.07) is 14.3. The summed E-state index contributed by atoms with van der Waals surface area (Å²) in [6.45, 7) is 4.52. The van der Waals surface area contributed by atoms with Gasteiger partial charge in [0.15, 0.2) is 6.61 Å². The van der Waals surface area contributed by atoms with Crippen LogP contribution in [0.3, 0.4) is 0 Å². The predicted molar refractivity (Wildman–Crippen MR) is 97.9 cm³/mol. The highest BCUT2D eigenvalue weighted by molar-refractivity contribution is 5.94. The van der Waals surface area contributed by atoms with Crippen molar-refractivity contribution in [1.82, 2.24) is 5.32 Å². The van der Waals surface area contributed by atoms with E-state index in [4.69, 9.17) is 14.6 Å². The zero-order valence-electron chi connectivity index (χ0n) is 14.9. The van der Waals surface area contributed by atoms with Gasteiger partial charge in [0.25, 0.3) is 5.91 Å². The van der Waals surface area contributed by atoms with E-state index >= 15 is 0 Å². The maximum Gasteiger partial charge on any atom is 0.341 e. The van der Waals surface area contributed by atoms with E-state index < -0.39 is 12.6 Å². The Morgan fingerprint density at radius 2 is 1.77 bits per heavy atom. The SMILES string of the molecule is CC(C)c1ccc(OCCNC(=O)c2cccc(OCC(=O)O)c2)cc1. The van der Waals surface area contributed by atoms with Crippen molar-refractivity contribution in [3.63, 3.8) is 0 Å². The molecule has 26 heavy (non-hydrogen) atoms. The quantitative estimate of drug-likeness (QED) is 0.674. The Hall–Kier alpha value is -3.02. The van der Waals surface area contributed by atoms with Crippen LogP contribution in [0.5, 0.6) is 11.5 Å². The Morgan fingerprint density at radius 3 is 2.42 bits per heavy atom. The van der Waals surface area contributed by atoms with Crippen molar-refractivity contribution in [3.8, 4) is 11.5 Å². The number of aliphatic carboxylic acids is 1. The molecule has 0 fully saturated rings. The van der Waals surface area contributed by atoms with Gasteiger partial charge in [-0.2, -0.15) is 0 Å². The Kier molecular flexibility index (Phi) is 7.02. The Labute approximate surface area is 152 Å². The smallest absolute Gasteiger partial charge is 0.341 e. The Morgan fingerprint density at radius 1 is 1.04 bits per heavy atom. The van der Waals surface area contributed by atoms with E-state index in [1.807, 2.05) is 24.3 Å². The van der Waals surface area contributed by atoms with Crippen LogP contribution in [0, 0.1) is 0 Å². The number of carbonyl (C=O) groups is 2. The molecule has 2 aromatic rings. The third-order valence-electron chi connectivity index (χ3n) is 3.66. The molecule has 0 spiro atoms. The van der Waals surface area contributed by atoms with Gasteiger partial charge in [-0.05, 0) is 41.8 Å². The second kappa shape index (κ2) is 9.46. The second-order valence-electron chi connectivity index (χ2n) is 6.04. The van der Waals surface area contributed by atoms with Crippen LogP contribution in [-0.2, 0) is 4.79 Å². The fourth-order valence-corrected chi connectivity index (χ4v) is 2.26. The molecule has 0 saturated heterocycles. The summed E-state index contributed by atoms with van der Waals surface area (Å²) in [6.07, 6.45) is 0. The van der Waals surface area contributed by atoms with Crippen LogP contribution in [0.1, 0.15) is 35.7 Å². The molecule has 0 bridgehead atoms. The molecule has 138 valence electrons. The molecule has 2 rings (SSSR count). The zero-order chi connectivity index (χ0) is 18.9. The van der Waals surface area contributed by atoms with Gasteiger partial charge < -0.3 is 19.9 Å². The van der Waals surface area contributed by atoms with E-state index in [0.717, 1.165) is 5.75 Å². The van der Waals surface area contributed by atoms with Crippen molar-refractivity contribution in [3.05, 3.63) is 59.7 Å².